The van der Waals surface area contributed by atoms with Crippen LogP contribution in [0.1, 0.15) is 11.3 Å². The first-order valence-electron chi connectivity index (χ1n) is 8.21. The Hall–Kier alpha value is -2.24. The highest BCUT2D eigenvalue weighted by molar-refractivity contribution is 6.39. The maximum atomic E-state index is 13.7. The molecular formula is C19H16Cl2FN3O. The Bertz CT molecular complexity index is 1010. The van der Waals surface area contributed by atoms with Crippen LogP contribution in [0.5, 0.6) is 0 Å². The number of carbonyl (C=O) groups is 1. The smallest absolute Gasteiger partial charge is 0.322 e. The number of aryl methyl sites for hydroxylation is 1. The van der Waals surface area contributed by atoms with Crippen LogP contribution in [0.3, 0.4) is 0 Å². The molecule has 3 aromatic rings. The number of urea groups is 1. The number of benzene rings is 2. The number of fused-ring (bicyclic) bond motifs is 3. The van der Waals surface area contributed by atoms with Crippen molar-refractivity contribution in [3.8, 4) is 0 Å². The average Bonchev–Trinajstić information content (AvgIpc) is 2.90. The van der Waals surface area contributed by atoms with Crippen LogP contribution in [0.4, 0.5) is 14.9 Å². The summed E-state index contributed by atoms with van der Waals surface area (Å²) in [4.78, 5) is 14.4. The molecule has 0 radical (unpaired) electrons. The Morgan fingerprint density at radius 2 is 1.92 bits per heavy atom. The van der Waals surface area contributed by atoms with Crippen molar-refractivity contribution in [1.29, 1.82) is 0 Å². The van der Waals surface area contributed by atoms with Crippen LogP contribution >= 0.6 is 23.2 Å². The van der Waals surface area contributed by atoms with Crippen LogP contribution in [-0.2, 0) is 20.0 Å². The van der Waals surface area contributed by atoms with Gasteiger partial charge in [0.15, 0.2) is 0 Å². The normalized spacial score (nSPS) is 13.8. The zero-order chi connectivity index (χ0) is 18.4. The summed E-state index contributed by atoms with van der Waals surface area (Å²) in [6.45, 7) is 0.970. The molecular weight excluding hydrogens is 376 g/mol. The number of para-hydroxylation sites is 1. The van der Waals surface area contributed by atoms with E-state index in [1.165, 1.54) is 12.1 Å². The fraction of sp³-hybridized carbons (Fsp3) is 0.211. The van der Waals surface area contributed by atoms with Gasteiger partial charge in [-0.15, -0.1) is 0 Å². The standard InChI is InChI=1S/C19H16Cl2FN3O/c1-24-16-6-5-11(22)9-12(16)13-10-25(8-7-17(13)24)19(26)23-18-14(20)3-2-4-15(18)21/h2-6,9H,7-8,10H2,1H3,(H,23,26). The van der Waals surface area contributed by atoms with E-state index >= 15 is 0 Å². The molecule has 1 aromatic heterocycles. The second-order valence-electron chi connectivity index (χ2n) is 6.34. The maximum absolute atomic E-state index is 13.7. The molecule has 0 fully saturated rings. The molecule has 0 aliphatic carbocycles. The molecule has 2 amide bonds. The van der Waals surface area contributed by atoms with Gasteiger partial charge in [0.25, 0.3) is 0 Å². The van der Waals surface area contributed by atoms with E-state index in [4.69, 9.17) is 23.2 Å². The quantitative estimate of drug-likeness (QED) is 0.606. The number of amides is 2. The Morgan fingerprint density at radius 3 is 2.65 bits per heavy atom. The van der Waals surface area contributed by atoms with Gasteiger partial charge in [0.1, 0.15) is 5.82 Å². The summed E-state index contributed by atoms with van der Waals surface area (Å²) in [7, 11) is 1.97. The van der Waals surface area contributed by atoms with Crippen molar-refractivity contribution in [2.75, 3.05) is 11.9 Å². The van der Waals surface area contributed by atoms with Crippen molar-refractivity contribution >= 4 is 45.8 Å². The lowest BCUT2D eigenvalue weighted by Crippen LogP contribution is -2.39. The Balaban J connectivity index is 1.64. The lowest BCUT2D eigenvalue weighted by atomic mass is 10.0. The van der Waals surface area contributed by atoms with Gasteiger partial charge in [0.2, 0.25) is 0 Å². The van der Waals surface area contributed by atoms with Gasteiger partial charge in [0.05, 0.1) is 15.7 Å². The number of hydrogen-bond donors (Lipinski definition) is 1. The van der Waals surface area contributed by atoms with Crippen LogP contribution in [0.25, 0.3) is 10.9 Å². The third kappa shape index (κ3) is 2.81. The van der Waals surface area contributed by atoms with Gasteiger partial charge in [-0.1, -0.05) is 29.3 Å². The molecule has 2 aromatic carbocycles. The van der Waals surface area contributed by atoms with Crippen LogP contribution in [0.15, 0.2) is 36.4 Å². The van der Waals surface area contributed by atoms with Crippen LogP contribution < -0.4 is 5.32 Å². The van der Waals surface area contributed by atoms with E-state index < -0.39 is 0 Å². The molecule has 1 N–H and O–H groups in total. The summed E-state index contributed by atoms with van der Waals surface area (Å²) < 4.78 is 15.8. The predicted molar refractivity (Wildman–Crippen MR) is 102 cm³/mol. The monoisotopic (exact) mass is 391 g/mol. The molecule has 0 unspecified atom stereocenters. The van der Waals surface area contributed by atoms with Gasteiger partial charge in [-0.25, -0.2) is 9.18 Å². The highest BCUT2D eigenvalue weighted by Gasteiger charge is 2.26. The van der Waals surface area contributed by atoms with Crippen molar-refractivity contribution in [1.82, 2.24) is 9.47 Å². The van der Waals surface area contributed by atoms with E-state index in [-0.39, 0.29) is 11.8 Å². The fourth-order valence-corrected chi connectivity index (χ4v) is 4.02. The summed E-state index contributed by atoms with van der Waals surface area (Å²) in [6, 6.07) is 9.54. The summed E-state index contributed by atoms with van der Waals surface area (Å²) in [5, 5.41) is 4.40. The van der Waals surface area contributed by atoms with Crippen molar-refractivity contribution in [2.45, 2.75) is 13.0 Å². The number of nitrogens with one attached hydrogen (secondary N) is 1. The first kappa shape index (κ1) is 17.2. The molecule has 0 saturated carbocycles. The topological polar surface area (TPSA) is 37.3 Å². The van der Waals surface area contributed by atoms with Gasteiger partial charge in [-0.2, -0.15) is 0 Å². The van der Waals surface area contributed by atoms with Gasteiger partial charge >= 0.3 is 6.03 Å². The third-order valence-electron chi connectivity index (χ3n) is 4.85. The minimum atomic E-state index is -0.282. The van der Waals surface area contributed by atoms with Crippen molar-refractivity contribution < 1.29 is 9.18 Å². The molecule has 26 heavy (non-hydrogen) atoms. The number of hydrogen-bond acceptors (Lipinski definition) is 1. The van der Waals surface area contributed by atoms with E-state index in [1.54, 1.807) is 29.2 Å². The van der Waals surface area contributed by atoms with E-state index in [0.717, 1.165) is 22.2 Å². The molecule has 0 atom stereocenters. The first-order chi connectivity index (χ1) is 12.5. The van der Waals surface area contributed by atoms with Gasteiger partial charge in [0, 0.05) is 48.7 Å². The number of aromatic nitrogens is 1. The Kier molecular flexibility index (Phi) is 4.29. The molecule has 1 aliphatic heterocycles. The van der Waals surface area contributed by atoms with Gasteiger partial charge in [-0.3, -0.25) is 0 Å². The number of nitrogens with zero attached hydrogens (tertiary/aromatic N) is 2. The Labute approximate surface area is 160 Å². The van der Waals surface area contributed by atoms with E-state index in [2.05, 4.69) is 9.88 Å². The number of anilines is 1. The third-order valence-corrected chi connectivity index (χ3v) is 5.48. The molecule has 2 heterocycles. The highest BCUT2D eigenvalue weighted by Crippen LogP contribution is 2.33. The second kappa shape index (κ2) is 6.49. The summed E-state index contributed by atoms with van der Waals surface area (Å²) in [6.07, 6.45) is 0.700. The summed E-state index contributed by atoms with van der Waals surface area (Å²) >= 11 is 12.3. The fourth-order valence-electron chi connectivity index (χ4n) is 3.53. The molecule has 134 valence electrons. The number of carbonyl (C=O) groups excluding carboxylic acids is 1. The SMILES string of the molecule is Cn1c2c(c3cc(F)ccc31)CN(C(=O)Nc1c(Cl)cccc1Cl)CC2. The lowest BCUT2D eigenvalue weighted by Gasteiger charge is -2.28. The molecule has 0 bridgehead atoms. The largest absolute Gasteiger partial charge is 0.347 e. The molecule has 1 aliphatic rings. The van der Waals surface area contributed by atoms with Crippen LogP contribution in [0, 0.1) is 5.82 Å². The number of rotatable bonds is 1. The second-order valence-corrected chi connectivity index (χ2v) is 7.16. The molecule has 0 saturated heterocycles. The predicted octanol–water partition coefficient (Wildman–Crippen LogP) is 5.21. The van der Waals surface area contributed by atoms with Crippen molar-refractivity contribution in [3.63, 3.8) is 0 Å². The van der Waals surface area contributed by atoms with E-state index in [9.17, 15) is 9.18 Å². The molecule has 4 nitrogen and oxygen atoms in total. The summed E-state index contributed by atoms with van der Waals surface area (Å²) in [5.74, 6) is -0.282. The molecule has 7 heteroatoms. The van der Waals surface area contributed by atoms with Crippen LogP contribution in [-0.4, -0.2) is 22.0 Å². The Morgan fingerprint density at radius 1 is 1.19 bits per heavy atom. The van der Waals surface area contributed by atoms with Crippen molar-refractivity contribution in [2.24, 2.45) is 7.05 Å². The van der Waals surface area contributed by atoms with Gasteiger partial charge < -0.3 is 14.8 Å². The molecule has 4 rings (SSSR count). The lowest BCUT2D eigenvalue weighted by molar-refractivity contribution is 0.206. The van der Waals surface area contributed by atoms with Gasteiger partial charge in [-0.05, 0) is 30.3 Å². The molecule has 0 spiro atoms. The highest BCUT2D eigenvalue weighted by atomic mass is 35.5. The van der Waals surface area contributed by atoms with Crippen molar-refractivity contribution in [3.05, 3.63) is 63.5 Å². The minimum Gasteiger partial charge on any atom is -0.347 e. The summed E-state index contributed by atoms with van der Waals surface area (Å²) in [5.41, 5.74) is 3.47. The van der Waals surface area contributed by atoms with E-state index in [0.29, 0.717) is 35.2 Å². The minimum absolute atomic E-state index is 0.279. The first-order valence-corrected chi connectivity index (χ1v) is 8.97. The average molecular weight is 392 g/mol. The van der Waals surface area contributed by atoms with E-state index in [1.807, 2.05) is 7.05 Å². The zero-order valence-corrected chi connectivity index (χ0v) is 15.5. The maximum Gasteiger partial charge on any atom is 0.322 e. The number of halogens is 3. The zero-order valence-electron chi connectivity index (χ0n) is 14.0. The van der Waals surface area contributed by atoms with Crippen LogP contribution in [0.2, 0.25) is 10.0 Å².